The van der Waals surface area contributed by atoms with Crippen LogP contribution in [0.2, 0.25) is 0 Å². The van der Waals surface area contributed by atoms with Gasteiger partial charge in [0.2, 0.25) is 0 Å². The molecule has 0 saturated carbocycles. The first-order valence-electron chi connectivity index (χ1n) is 13.3. The van der Waals surface area contributed by atoms with E-state index < -0.39 is 26.2 Å². The molecule has 0 saturated heterocycles. The number of alkyl halides is 3. The van der Waals surface area contributed by atoms with Crippen molar-refractivity contribution in [1.82, 2.24) is 10.2 Å². The molecule has 0 atom stereocenters. The average Bonchev–Trinajstić information content (AvgIpc) is 3.47. The number of aromatic nitrogens is 2. The van der Waals surface area contributed by atoms with E-state index in [4.69, 9.17) is 9.84 Å². The highest BCUT2D eigenvalue weighted by atomic mass is 32.2. The second-order valence-electron chi connectivity index (χ2n) is 9.72. The number of fused-ring (bicyclic) bond motifs is 1. The van der Waals surface area contributed by atoms with Crippen LogP contribution in [0.1, 0.15) is 35.6 Å². The Morgan fingerprint density at radius 1 is 0.909 bits per heavy atom. The molecular weight excluding hydrogens is 593 g/mol. The molecule has 0 aliphatic heterocycles. The van der Waals surface area contributed by atoms with Gasteiger partial charge in [-0.25, -0.2) is 13.2 Å². The number of aliphatic carboxylic acids is 1. The first kappa shape index (κ1) is 30.3. The molecule has 5 aromatic rings. The zero-order valence-corrected chi connectivity index (χ0v) is 24.0. The highest BCUT2D eigenvalue weighted by Crippen LogP contribution is 2.37. The summed E-state index contributed by atoms with van der Waals surface area (Å²) in [5.41, 5.74) is 0.762. The number of halogens is 3. The minimum atomic E-state index is -5.47. The second kappa shape index (κ2) is 12.2. The van der Waals surface area contributed by atoms with Gasteiger partial charge in [0.1, 0.15) is 11.5 Å². The number of rotatable bonds is 9. The van der Waals surface area contributed by atoms with E-state index in [1.54, 1.807) is 24.4 Å². The number of hydrogen-bond acceptors (Lipinski definition) is 5. The number of nitrogens with zero attached hydrogens (tertiary/aromatic N) is 1. The maximum absolute atomic E-state index is 12.9. The fourth-order valence-electron chi connectivity index (χ4n) is 4.77. The van der Waals surface area contributed by atoms with E-state index in [1.165, 1.54) is 18.2 Å². The quantitative estimate of drug-likeness (QED) is 0.128. The van der Waals surface area contributed by atoms with Crippen LogP contribution < -0.4 is 4.74 Å². The van der Waals surface area contributed by atoms with Gasteiger partial charge >= 0.3 is 11.5 Å². The minimum absolute atomic E-state index is 0.168. The molecule has 0 amide bonds. The van der Waals surface area contributed by atoms with Gasteiger partial charge in [0, 0.05) is 11.5 Å². The molecule has 1 heterocycles. The lowest BCUT2D eigenvalue weighted by Gasteiger charge is -2.17. The lowest BCUT2D eigenvalue weighted by atomic mass is 9.87. The van der Waals surface area contributed by atoms with Crippen molar-refractivity contribution in [3.63, 3.8) is 0 Å². The molecule has 0 aliphatic carbocycles. The highest BCUT2D eigenvalue weighted by Gasteiger charge is 2.46. The summed E-state index contributed by atoms with van der Waals surface area (Å²) in [5, 5.41) is 17.0. The van der Waals surface area contributed by atoms with Gasteiger partial charge in [-0.05, 0) is 94.4 Å². The molecule has 0 unspecified atom stereocenters. The second-order valence-corrected chi connectivity index (χ2v) is 11.7. The Bertz CT molecular complexity index is 1990. The molecule has 0 spiro atoms. The largest absolute Gasteiger partial charge is 0.501 e. The maximum Gasteiger partial charge on any atom is 0.501 e. The number of allylic oxidation sites excluding steroid dienone is 1. The lowest BCUT2D eigenvalue weighted by Crippen LogP contribution is -2.23. The monoisotopic (exact) mass is 618 g/mol. The molecule has 7 nitrogen and oxygen atoms in total. The molecule has 0 radical (unpaired) electrons. The molecule has 2 N–H and O–H groups in total. The van der Waals surface area contributed by atoms with Gasteiger partial charge in [0.05, 0.1) is 16.6 Å². The SMILES string of the molecule is CC/C(=C(/c1ccc(/C=C/C(=O)O)cc1)c1ccc2[nH]ncc2c1)c1cccc(Oc2ccc(S(=O)(=O)C(F)(F)F)cc2)c1. The topological polar surface area (TPSA) is 109 Å². The van der Waals surface area contributed by atoms with Crippen LogP contribution >= 0.6 is 0 Å². The van der Waals surface area contributed by atoms with E-state index in [2.05, 4.69) is 10.2 Å². The number of benzene rings is 4. The van der Waals surface area contributed by atoms with E-state index in [9.17, 15) is 26.4 Å². The third-order valence-electron chi connectivity index (χ3n) is 6.86. The van der Waals surface area contributed by atoms with Crippen LogP contribution in [-0.4, -0.2) is 35.2 Å². The third kappa shape index (κ3) is 6.42. The van der Waals surface area contributed by atoms with Crippen LogP contribution in [0, 0.1) is 0 Å². The Kier molecular flexibility index (Phi) is 8.41. The van der Waals surface area contributed by atoms with Gasteiger partial charge in [-0.1, -0.05) is 49.4 Å². The maximum atomic E-state index is 12.9. The van der Waals surface area contributed by atoms with Crippen molar-refractivity contribution in [3.8, 4) is 11.5 Å². The summed E-state index contributed by atoms with van der Waals surface area (Å²) in [6.07, 6.45) is 4.94. The van der Waals surface area contributed by atoms with Gasteiger partial charge < -0.3 is 9.84 Å². The third-order valence-corrected chi connectivity index (χ3v) is 8.36. The molecule has 11 heteroatoms. The molecule has 0 fully saturated rings. The predicted molar refractivity (Wildman–Crippen MR) is 162 cm³/mol. The Labute approximate surface area is 250 Å². The van der Waals surface area contributed by atoms with Gasteiger partial charge in [-0.2, -0.15) is 18.3 Å². The van der Waals surface area contributed by atoms with Crippen molar-refractivity contribution >= 4 is 43.9 Å². The smallest absolute Gasteiger partial charge is 0.478 e. The van der Waals surface area contributed by atoms with Crippen molar-refractivity contribution in [1.29, 1.82) is 0 Å². The summed E-state index contributed by atoms with van der Waals surface area (Å²) in [5.74, 6) is -0.472. The Morgan fingerprint density at radius 3 is 2.27 bits per heavy atom. The zero-order valence-electron chi connectivity index (χ0n) is 23.2. The van der Waals surface area contributed by atoms with Crippen LogP contribution in [0.25, 0.3) is 28.1 Å². The number of hydrogen-bond donors (Lipinski definition) is 2. The van der Waals surface area contributed by atoms with Crippen LogP contribution in [0.15, 0.2) is 108 Å². The number of ether oxygens (including phenoxy) is 1. The number of carbonyl (C=O) groups is 1. The fourth-order valence-corrected chi connectivity index (χ4v) is 5.53. The zero-order chi connectivity index (χ0) is 31.5. The Morgan fingerprint density at radius 2 is 1.61 bits per heavy atom. The summed E-state index contributed by atoms with van der Waals surface area (Å²) < 4.78 is 68.1. The van der Waals surface area contributed by atoms with E-state index in [1.807, 2.05) is 55.5 Å². The van der Waals surface area contributed by atoms with Crippen molar-refractivity contribution in [2.75, 3.05) is 0 Å². The van der Waals surface area contributed by atoms with Crippen molar-refractivity contribution < 1.29 is 36.2 Å². The standard InChI is InChI=1S/C33H25F3N2O5S/c1-2-29(23-4-3-5-27(19-23)43-26-12-14-28(15-13-26)44(41,42)33(34,35)36)32(24-11-16-30-25(18-24)20-37-38-30)22-9-6-21(7-10-22)8-17-31(39)40/h3-20H,2H2,1H3,(H,37,38)(H,39,40)/b17-8+,32-29+. The molecule has 0 bridgehead atoms. The van der Waals surface area contributed by atoms with Crippen LogP contribution in [0.4, 0.5) is 13.2 Å². The van der Waals surface area contributed by atoms with Gasteiger partial charge in [-0.3, -0.25) is 5.10 Å². The molecule has 0 aliphatic rings. The Balaban J connectivity index is 1.55. The average molecular weight is 619 g/mol. The molecular formula is C33H25F3N2O5S. The summed E-state index contributed by atoms with van der Waals surface area (Å²) in [6, 6.07) is 24.7. The van der Waals surface area contributed by atoms with Crippen molar-refractivity contribution in [2.45, 2.75) is 23.7 Å². The summed E-state index contributed by atoms with van der Waals surface area (Å²) in [4.78, 5) is 10.1. The van der Waals surface area contributed by atoms with E-state index in [-0.39, 0.29) is 5.75 Å². The molecule has 224 valence electrons. The van der Waals surface area contributed by atoms with Crippen LogP contribution in [0.5, 0.6) is 11.5 Å². The number of carboxylic acids is 1. The van der Waals surface area contributed by atoms with Gasteiger partial charge in [-0.15, -0.1) is 0 Å². The molecule has 1 aromatic heterocycles. The van der Waals surface area contributed by atoms with E-state index in [0.717, 1.165) is 62.5 Å². The molecule has 44 heavy (non-hydrogen) atoms. The minimum Gasteiger partial charge on any atom is -0.478 e. The van der Waals surface area contributed by atoms with Crippen molar-refractivity contribution in [2.24, 2.45) is 0 Å². The molecule has 4 aromatic carbocycles. The number of aromatic amines is 1. The Hall–Kier alpha value is -5.16. The highest BCUT2D eigenvalue weighted by molar-refractivity contribution is 7.92. The van der Waals surface area contributed by atoms with Crippen LogP contribution in [0.3, 0.4) is 0 Å². The first-order chi connectivity index (χ1) is 21.0. The van der Waals surface area contributed by atoms with Gasteiger partial charge in [0.25, 0.3) is 9.84 Å². The van der Waals surface area contributed by atoms with E-state index >= 15 is 0 Å². The van der Waals surface area contributed by atoms with Crippen LogP contribution in [-0.2, 0) is 14.6 Å². The van der Waals surface area contributed by atoms with E-state index in [0.29, 0.717) is 12.2 Å². The number of H-pyrrole nitrogens is 1. The number of sulfone groups is 1. The number of nitrogens with one attached hydrogen (secondary N) is 1. The summed E-state index contributed by atoms with van der Waals surface area (Å²) in [6.45, 7) is 2.02. The number of carboxylic acid groups (broad SMARTS) is 1. The fraction of sp³-hybridized carbons (Fsp3) is 0.0909. The molecule has 5 rings (SSSR count). The lowest BCUT2D eigenvalue weighted by molar-refractivity contribution is -0.131. The summed E-state index contributed by atoms with van der Waals surface area (Å²) in [7, 11) is -5.47. The first-order valence-corrected chi connectivity index (χ1v) is 14.8. The van der Waals surface area contributed by atoms with Gasteiger partial charge in [0.15, 0.2) is 0 Å². The van der Waals surface area contributed by atoms with Crippen molar-refractivity contribution in [3.05, 3.63) is 126 Å². The normalized spacial score (nSPS) is 12.8. The predicted octanol–water partition coefficient (Wildman–Crippen LogP) is 8.12. The summed E-state index contributed by atoms with van der Waals surface area (Å²) >= 11 is 0.